The van der Waals surface area contributed by atoms with Crippen LogP contribution in [0.25, 0.3) is 22.3 Å². The third-order valence-electron chi connectivity index (χ3n) is 5.33. The Bertz CT molecular complexity index is 1270. The topological polar surface area (TPSA) is 74.8 Å². The second kappa shape index (κ2) is 7.40. The first kappa shape index (κ1) is 19.8. The number of pyridine rings is 1. The Morgan fingerprint density at radius 1 is 1.13 bits per heavy atom. The molecule has 154 valence electrons. The lowest BCUT2D eigenvalue weighted by Crippen LogP contribution is -2.12. The van der Waals surface area contributed by atoms with Gasteiger partial charge in [0.1, 0.15) is 5.69 Å². The number of carbonyl (C=O) groups excluding carboxylic acids is 1. The molecule has 0 radical (unpaired) electrons. The third-order valence-corrected chi connectivity index (χ3v) is 5.33. The number of nitrogens with zero attached hydrogens (tertiary/aromatic N) is 5. The van der Waals surface area contributed by atoms with Crippen molar-refractivity contribution < 1.29 is 9.53 Å². The normalized spacial score (nSPS) is 11.4. The van der Waals surface area contributed by atoms with Crippen molar-refractivity contribution in [3.8, 4) is 17.0 Å². The maximum absolute atomic E-state index is 13.3. The zero-order valence-corrected chi connectivity index (χ0v) is 18.1. The van der Waals surface area contributed by atoms with E-state index in [1.807, 2.05) is 70.6 Å². The Kier molecular flexibility index (Phi) is 4.89. The summed E-state index contributed by atoms with van der Waals surface area (Å²) in [7, 11) is 1.83. The maximum Gasteiger partial charge on any atom is 0.344 e. The van der Waals surface area contributed by atoms with E-state index in [4.69, 9.17) is 9.72 Å². The second-order valence-electron chi connectivity index (χ2n) is 7.80. The van der Waals surface area contributed by atoms with Gasteiger partial charge in [0.05, 0.1) is 28.5 Å². The molecule has 0 saturated heterocycles. The van der Waals surface area contributed by atoms with Gasteiger partial charge in [0.25, 0.3) is 0 Å². The van der Waals surface area contributed by atoms with Gasteiger partial charge in [-0.05, 0) is 46.2 Å². The van der Waals surface area contributed by atoms with Crippen LogP contribution in [0.15, 0.2) is 36.5 Å². The van der Waals surface area contributed by atoms with Gasteiger partial charge in [-0.15, -0.1) is 0 Å². The van der Waals surface area contributed by atoms with Crippen LogP contribution in [0, 0.1) is 20.8 Å². The van der Waals surface area contributed by atoms with Crippen LogP contribution in [0.4, 0.5) is 0 Å². The average molecular weight is 403 g/mol. The first-order valence-electron chi connectivity index (χ1n) is 9.94. The molecule has 4 aromatic rings. The SMILES string of the molecule is Cc1ccccc1-c1cc(C(=O)Oc2c(C)nn(C)c2C)c2cnn(C(C)C)c2n1. The fourth-order valence-corrected chi connectivity index (χ4v) is 3.61. The summed E-state index contributed by atoms with van der Waals surface area (Å²) in [6.07, 6.45) is 1.68. The molecule has 0 aliphatic carbocycles. The summed E-state index contributed by atoms with van der Waals surface area (Å²) >= 11 is 0. The molecular formula is C23H25N5O2. The molecule has 0 unspecified atom stereocenters. The van der Waals surface area contributed by atoms with Gasteiger partial charge in [-0.25, -0.2) is 14.5 Å². The molecule has 0 aliphatic rings. The van der Waals surface area contributed by atoms with E-state index >= 15 is 0 Å². The number of fused-ring (bicyclic) bond motifs is 1. The minimum atomic E-state index is -0.445. The molecule has 0 aliphatic heterocycles. The smallest absolute Gasteiger partial charge is 0.344 e. The Balaban J connectivity index is 1.90. The van der Waals surface area contributed by atoms with Gasteiger partial charge in [0.2, 0.25) is 0 Å². The van der Waals surface area contributed by atoms with E-state index in [2.05, 4.69) is 10.2 Å². The molecule has 4 rings (SSSR count). The van der Waals surface area contributed by atoms with Crippen LogP contribution in [-0.4, -0.2) is 30.5 Å². The molecule has 3 aromatic heterocycles. The molecule has 1 aromatic carbocycles. The number of benzene rings is 1. The number of esters is 1. The van der Waals surface area contributed by atoms with Crippen LogP contribution in [-0.2, 0) is 7.05 Å². The lowest BCUT2D eigenvalue weighted by molar-refractivity contribution is 0.0734. The van der Waals surface area contributed by atoms with Crippen molar-refractivity contribution in [2.75, 3.05) is 0 Å². The summed E-state index contributed by atoms with van der Waals surface area (Å²) in [4.78, 5) is 18.1. The molecule has 0 spiro atoms. The molecule has 0 saturated carbocycles. The molecular weight excluding hydrogens is 378 g/mol. The first-order chi connectivity index (χ1) is 14.3. The maximum atomic E-state index is 13.3. The van der Waals surface area contributed by atoms with Gasteiger partial charge < -0.3 is 4.74 Å². The van der Waals surface area contributed by atoms with E-state index in [9.17, 15) is 4.79 Å². The van der Waals surface area contributed by atoms with Crippen LogP contribution < -0.4 is 4.74 Å². The largest absolute Gasteiger partial charge is 0.419 e. The van der Waals surface area contributed by atoms with E-state index in [1.54, 1.807) is 16.9 Å². The predicted octanol–water partition coefficient (Wildman–Crippen LogP) is 4.56. The lowest BCUT2D eigenvalue weighted by Gasteiger charge is -2.12. The molecule has 0 N–H and O–H groups in total. The molecule has 0 bridgehead atoms. The van der Waals surface area contributed by atoms with Gasteiger partial charge in [0.15, 0.2) is 11.4 Å². The second-order valence-corrected chi connectivity index (χ2v) is 7.80. The summed E-state index contributed by atoms with van der Waals surface area (Å²) in [5, 5.41) is 9.48. The molecule has 0 atom stereocenters. The number of hydrogen-bond acceptors (Lipinski definition) is 5. The number of rotatable bonds is 4. The third kappa shape index (κ3) is 3.26. The highest BCUT2D eigenvalue weighted by molar-refractivity contribution is 6.04. The monoisotopic (exact) mass is 403 g/mol. The van der Waals surface area contributed by atoms with Crippen molar-refractivity contribution in [2.24, 2.45) is 7.05 Å². The van der Waals surface area contributed by atoms with Gasteiger partial charge in [-0.2, -0.15) is 10.2 Å². The summed E-state index contributed by atoms with van der Waals surface area (Å²) in [6, 6.07) is 9.88. The van der Waals surface area contributed by atoms with Crippen molar-refractivity contribution in [1.82, 2.24) is 24.5 Å². The molecule has 7 heteroatoms. The van der Waals surface area contributed by atoms with Crippen LogP contribution in [0.5, 0.6) is 5.75 Å². The molecule has 30 heavy (non-hydrogen) atoms. The van der Waals surface area contributed by atoms with Crippen LogP contribution in [0.2, 0.25) is 0 Å². The Morgan fingerprint density at radius 3 is 2.50 bits per heavy atom. The summed E-state index contributed by atoms with van der Waals surface area (Å²) in [6.45, 7) is 9.80. The van der Waals surface area contributed by atoms with Crippen molar-refractivity contribution in [1.29, 1.82) is 0 Å². The van der Waals surface area contributed by atoms with Crippen molar-refractivity contribution in [2.45, 2.75) is 40.7 Å². The predicted molar refractivity (Wildman–Crippen MR) is 116 cm³/mol. The molecule has 7 nitrogen and oxygen atoms in total. The lowest BCUT2D eigenvalue weighted by atomic mass is 10.0. The first-order valence-corrected chi connectivity index (χ1v) is 9.94. The van der Waals surface area contributed by atoms with Gasteiger partial charge >= 0.3 is 5.97 Å². The molecule has 0 fully saturated rings. The van der Waals surface area contributed by atoms with Crippen LogP contribution in [0.1, 0.15) is 47.2 Å². The fourth-order valence-electron chi connectivity index (χ4n) is 3.61. The van der Waals surface area contributed by atoms with Crippen LogP contribution in [0.3, 0.4) is 0 Å². The van der Waals surface area contributed by atoms with E-state index in [-0.39, 0.29) is 6.04 Å². The highest BCUT2D eigenvalue weighted by Gasteiger charge is 2.22. The molecule has 3 heterocycles. The standard InChI is InChI=1S/C23H25N5O2/c1-13(2)28-22-19(12-24-28)18(11-20(25-22)17-10-8-7-9-14(17)3)23(29)30-21-15(4)26-27(6)16(21)5/h7-13H,1-6H3. The highest BCUT2D eigenvalue weighted by Crippen LogP contribution is 2.30. The summed E-state index contributed by atoms with van der Waals surface area (Å²) in [5.74, 6) is 0.0425. The fraction of sp³-hybridized carbons (Fsp3) is 0.304. The zero-order chi connectivity index (χ0) is 21.6. The summed E-state index contributed by atoms with van der Waals surface area (Å²) in [5.41, 5.74) is 5.34. The van der Waals surface area contributed by atoms with Crippen molar-refractivity contribution in [3.63, 3.8) is 0 Å². The molecule has 0 amide bonds. The Morgan fingerprint density at radius 2 is 1.87 bits per heavy atom. The van der Waals surface area contributed by atoms with Crippen molar-refractivity contribution in [3.05, 3.63) is 59.0 Å². The van der Waals surface area contributed by atoms with E-state index in [0.717, 1.165) is 22.5 Å². The van der Waals surface area contributed by atoms with E-state index in [0.29, 0.717) is 28.0 Å². The van der Waals surface area contributed by atoms with E-state index in [1.165, 1.54) is 0 Å². The zero-order valence-electron chi connectivity index (χ0n) is 18.1. The van der Waals surface area contributed by atoms with Gasteiger partial charge in [-0.1, -0.05) is 24.3 Å². The Labute approximate surface area is 175 Å². The average Bonchev–Trinajstić information content (AvgIpc) is 3.24. The van der Waals surface area contributed by atoms with Crippen molar-refractivity contribution >= 4 is 17.0 Å². The number of aryl methyl sites for hydroxylation is 3. The minimum Gasteiger partial charge on any atom is -0.419 e. The van der Waals surface area contributed by atoms with E-state index < -0.39 is 5.97 Å². The van der Waals surface area contributed by atoms with Gasteiger partial charge in [-0.3, -0.25) is 4.68 Å². The minimum absolute atomic E-state index is 0.105. The number of aromatic nitrogens is 5. The quantitative estimate of drug-likeness (QED) is 0.467. The van der Waals surface area contributed by atoms with Crippen LogP contribution >= 0.6 is 0 Å². The number of ether oxygens (including phenoxy) is 1. The van der Waals surface area contributed by atoms with Gasteiger partial charge in [0, 0.05) is 18.7 Å². The summed E-state index contributed by atoms with van der Waals surface area (Å²) < 4.78 is 9.33. The Hall–Kier alpha value is -3.48. The highest BCUT2D eigenvalue weighted by atomic mass is 16.5. The number of hydrogen-bond donors (Lipinski definition) is 0. The number of carbonyl (C=O) groups is 1.